The molecule has 0 spiro atoms. The number of benzene rings is 2. The number of aryl methyl sites for hydroxylation is 1. The molecule has 5 heteroatoms. The number of carbonyl (C=O) groups is 1. The molecule has 0 aliphatic carbocycles. The maximum atomic E-state index is 12.4. The molecular weight excluding hydrogens is 350 g/mol. The van der Waals surface area contributed by atoms with Crippen LogP contribution in [0.4, 0.5) is 5.69 Å². The number of anilines is 1. The van der Waals surface area contributed by atoms with Crippen LogP contribution in [-0.2, 0) is 11.2 Å². The Morgan fingerprint density at radius 1 is 1.11 bits per heavy atom. The summed E-state index contributed by atoms with van der Waals surface area (Å²) in [6, 6.07) is 18.8. The lowest BCUT2D eigenvalue weighted by atomic mass is 10.1. The molecule has 1 aliphatic rings. The number of hydrogen-bond donors (Lipinski definition) is 2. The average molecular weight is 383 g/mol. The lowest BCUT2D eigenvalue weighted by Gasteiger charge is -2.33. The molecular formula is C23H32N3O2+. The normalized spacial score (nSPS) is 15.9. The Morgan fingerprint density at radius 2 is 1.79 bits per heavy atom. The van der Waals surface area contributed by atoms with Crippen molar-refractivity contribution in [2.24, 2.45) is 0 Å². The zero-order chi connectivity index (χ0) is 19.8. The summed E-state index contributed by atoms with van der Waals surface area (Å²) in [6.45, 7) is 6.57. The van der Waals surface area contributed by atoms with Crippen LogP contribution in [0.3, 0.4) is 0 Å². The standard InChI is InChI=1S/C23H31N3O2/c1-19(8-9-20-6-4-3-5-7-20)24-23(27)18-25-14-16-26(17-15-25)21-10-12-22(28-2)13-11-21/h3-7,10-13,19H,8-9,14-18H2,1-2H3,(H,24,27)/p+1/t19-/m1/s1. The van der Waals surface area contributed by atoms with Gasteiger partial charge in [-0.3, -0.25) is 4.79 Å². The van der Waals surface area contributed by atoms with Crippen molar-refractivity contribution in [1.29, 1.82) is 0 Å². The van der Waals surface area contributed by atoms with Crippen LogP contribution in [0, 0.1) is 0 Å². The van der Waals surface area contributed by atoms with Crippen molar-refractivity contribution < 1.29 is 14.4 Å². The summed E-state index contributed by atoms with van der Waals surface area (Å²) in [6.07, 6.45) is 1.96. The minimum Gasteiger partial charge on any atom is -0.497 e. The van der Waals surface area contributed by atoms with Crippen LogP contribution in [0.1, 0.15) is 18.9 Å². The number of carbonyl (C=O) groups excluding carboxylic acids is 1. The van der Waals surface area contributed by atoms with E-state index in [2.05, 4.69) is 53.5 Å². The monoisotopic (exact) mass is 382 g/mol. The SMILES string of the molecule is COc1ccc(N2CC[NH+](CC(=O)N[C@H](C)CCc3ccccc3)CC2)cc1. The van der Waals surface area contributed by atoms with Gasteiger partial charge in [0.1, 0.15) is 5.75 Å². The van der Waals surface area contributed by atoms with E-state index < -0.39 is 0 Å². The Morgan fingerprint density at radius 3 is 2.43 bits per heavy atom. The second-order valence-electron chi connectivity index (χ2n) is 7.60. The summed E-state index contributed by atoms with van der Waals surface area (Å²) in [5.41, 5.74) is 2.54. The quantitative estimate of drug-likeness (QED) is 0.728. The molecule has 1 atom stereocenters. The second-order valence-corrected chi connectivity index (χ2v) is 7.60. The van der Waals surface area contributed by atoms with Crippen LogP contribution >= 0.6 is 0 Å². The first-order valence-electron chi connectivity index (χ1n) is 10.2. The molecule has 2 aromatic carbocycles. The van der Waals surface area contributed by atoms with E-state index in [0.717, 1.165) is 44.8 Å². The van der Waals surface area contributed by atoms with Gasteiger partial charge < -0.3 is 19.9 Å². The van der Waals surface area contributed by atoms with Crippen LogP contribution in [0.25, 0.3) is 0 Å². The summed E-state index contributed by atoms with van der Waals surface area (Å²) in [7, 11) is 1.69. The summed E-state index contributed by atoms with van der Waals surface area (Å²) < 4.78 is 5.22. The topological polar surface area (TPSA) is 46.0 Å². The third kappa shape index (κ3) is 5.99. The van der Waals surface area contributed by atoms with Crippen LogP contribution in [0.15, 0.2) is 54.6 Å². The Kier molecular flexibility index (Phi) is 7.31. The van der Waals surface area contributed by atoms with Gasteiger partial charge in [-0.1, -0.05) is 30.3 Å². The van der Waals surface area contributed by atoms with Gasteiger partial charge in [0, 0.05) is 11.7 Å². The van der Waals surface area contributed by atoms with Crippen molar-refractivity contribution in [2.45, 2.75) is 25.8 Å². The molecule has 1 amide bonds. The fourth-order valence-electron chi connectivity index (χ4n) is 3.70. The molecule has 0 aromatic heterocycles. The molecule has 1 heterocycles. The Balaban J connectivity index is 1.37. The van der Waals surface area contributed by atoms with Gasteiger partial charge >= 0.3 is 0 Å². The van der Waals surface area contributed by atoms with Crippen LogP contribution in [0.5, 0.6) is 5.75 Å². The van der Waals surface area contributed by atoms with Gasteiger partial charge in [-0.15, -0.1) is 0 Å². The first kappa shape index (κ1) is 20.2. The van der Waals surface area contributed by atoms with Crippen molar-refractivity contribution in [1.82, 2.24) is 5.32 Å². The Labute approximate surface area is 168 Å². The highest BCUT2D eigenvalue weighted by atomic mass is 16.5. The third-order valence-corrected chi connectivity index (χ3v) is 5.43. The van der Waals surface area contributed by atoms with E-state index in [1.54, 1.807) is 7.11 Å². The van der Waals surface area contributed by atoms with Gasteiger partial charge in [0.2, 0.25) is 0 Å². The number of methoxy groups -OCH3 is 1. The van der Waals surface area contributed by atoms with E-state index in [4.69, 9.17) is 4.74 Å². The van der Waals surface area contributed by atoms with Gasteiger partial charge in [-0.25, -0.2) is 0 Å². The van der Waals surface area contributed by atoms with Crippen molar-refractivity contribution in [2.75, 3.05) is 44.7 Å². The van der Waals surface area contributed by atoms with Crippen molar-refractivity contribution in [3.63, 3.8) is 0 Å². The summed E-state index contributed by atoms with van der Waals surface area (Å²) >= 11 is 0. The molecule has 3 rings (SSSR count). The highest BCUT2D eigenvalue weighted by Crippen LogP contribution is 2.18. The first-order chi connectivity index (χ1) is 13.6. The smallest absolute Gasteiger partial charge is 0.275 e. The van der Waals surface area contributed by atoms with Crippen LogP contribution in [-0.4, -0.2) is 51.8 Å². The first-order valence-corrected chi connectivity index (χ1v) is 10.2. The lowest BCUT2D eigenvalue weighted by molar-refractivity contribution is -0.892. The average Bonchev–Trinajstić information content (AvgIpc) is 2.73. The van der Waals surface area contributed by atoms with E-state index in [0.29, 0.717) is 6.54 Å². The summed E-state index contributed by atoms with van der Waals surface area (Å²) in [4.78, 5) is 16.1. The number of hydrogen-bond acceptors (Lipinski definition) is 3. The third-order valence-electron chi connectivity index (χ3n) is 5.43. The number of amides is 1. The molecule has 5 nitrogen and oxygen atoms in total. The molecule has 1 fully saturated rings. The van der Waals surface area contributed by atoms with E-state index in [-0.39, 0.29) is 11.9 Å². The fraction of sp³-hybridized carbons (Fsp3) is 0.435. The van der Waals surface area contributed by atoms with Crippen LogP contribution < -0.4 is 19.9 Å². The van der Waals surface area contributed by atoms with E-state index in [9.17, 15) is 4.79 Å². The lowest BCUT2D eigenvalue weighted by Crippen LogP contribution is -3.16. The second kappa shape index (κ2) is 10.1. The molecule has 0 radical (unpaired) electrons. The number of nitrogens with zero attached hydrogens (tertiary/aromatic N) is 1. The van der Waals surface area contributed by atoms with Crippen molar-refractivity contribution in [3.8, 4) is 5.75 Å². The van der Waals surface area contributed by atoms with Gasteiger partial charge in [-0.2, -0.15) is 0 Å². The maximum absolute atomic E-state index is 12.4. The minimum atomic E-state index is 0.161. The molecule has 150 valence electrons. The molecule has 28 heavy (non-hydrogen) atoms. The van der Waals surface area contributed by atoms with Crippen molar-refractivity contribution in [3.05, 3.63) is 60.2 Å². The predicted molar refractivity (Wildman–Crippen MR) is 113 cm³/mol. The van der Waals surface area contributed by atoms with Gasteiger partial charge in [-0.05, 0) is 49.6 Å². The summed E-state index contributed by atoms with van der Waals surface area (Å²) in [5.74, 6) is 1.04. The maximum Gasteiger partial charge on any atom is 0.275 e. The molecule has 1 saturated heterocycles. The van der Waals surface area contributed by atoms with E-state index in [1.165, 1.54) is 16.2 Å². The minimum absolute atomic E-state index is 0.161. The molecule has 0 unspecified atom stereocenters. The van der Waals surface area contributed by atoms with E-state index >= 15 is 0 Å². The Bertz CT molecular complexity index is 725. The van der Waals surface area contributed by atoms with E-state index in [1.807, 2.05) is 18.2 Å². The highest BCUT2D eigenvalue weighted by molar-refractivity contribution is 5.77. The van der Waals surface area contributed by atoms with Gasteiger partial charge in [0.25, 0.3) is 5.91 Å². The van der Waals surface area contributed by atoms with Crippen molar-refractivity contribution >= 4 is 11.6 Å². The molecule has 0 bridgehead atoms. The van der Waals surface area contributed by atoms with Gasteiger partial charge in [0.05, 0.1) is 33.3 Å². The molecule has 2 aromatic rings. The number of nitrogens with one attached hydrogen (secondary N) is 2. The summed E-state index contributed by atoms with van der Waals surface area (Å²) in [5, 5.41) is 3.17. The van der Waals surface area contributed by atoms with Crippen LogP contribution in [0.2, 0.25) is 0 Å². The molecule has 2 N–H and O–H groups in total. The largest absolute Gasteiger partial charge is 0.497 e. The number of quaternary nitrogens is 1. The highest BCUT2D eigenvalue weighted by Gasteiger charge is 2.22. The zero-order valence-electron chi connectivity index (χ0n) is 17.0. The zero-order valence-corrected chi connectivity index (χ0v) is 17.0. The Hall–Kier alpha value is -2.53. The number of piperazine rings is 1. The number of ether oxygens (including phenoxy) is 1. The molecule has 1 aliphatic heterocycles. The predicted octanol–water partition coefficient (Wildman–Crippen LogP) is 1.54. The fourth-order valence-corrected chi connectivity index (χ4v) is 3.70. The number of rotatable bonds is 8. The molecule has 0 saturated carbocycles. The van der Waals surface area contributed by atoms with Gasteiger partial charge in [0.15, 0.2) is 6.54 Å².